The van der Waals surface area contributed by atoms with Crippen LogP contribution in [0.4, 0.5) is 11.4 Å². The molecule has 0 aliphatic carbocycles. The number of nitro benzene ring substituents is 1. The fourth-order valence-corrected chi connectivity index (χ4v) is 2.51. The van der Waals surface area contributed by atoms with Crippen molar-refractivity contribution in [1.82, 2.24) is 0 Å². The maximum atomic E-state index is 12.3. The molecule has 0 fully saturated rings. The minimum atomic E-state index is -0.547. The molecule has 0 radical (unpaired) electrons. The Morgan fingerprint density at radius 2 is 1.54 bits per heavy atom. The van der Waals surface area contributed by atoms with Crippen molar-refractivity contribution in [3.63, 3.8) is 0 Å². The van der Waals surface area contributed by atoms with Crippen molar-refractivity contribution >= 4 is 29.1 Å². The largest absolute Gasteiger partial charge is 0.322 e. The molecule has 0 saturated heterocycles. The van der Waals surface area contributed by atoms with Gasteiger partial charge in [-0.25, -0.2) is 0 Å². The van der Waals surface area contributed by atoms with Gasteiger partial charge >= 0.3 is 0 Å². The molecule has 6 nitrogen and oxygen atoms in total. The Bertz CT molecular complexity index is 1040. The average molecular weight is 372 g/mol. The van der Waals surface area contributed by atoms with Crippen LogP contribution in [0.15, 0.2) is 84.9 Å². The van der Waals surface area contributed by atoms with Gasteiger partial charge in [0.2, 0.25) is 0 Å². The number of hydrogen-bond acceptors (Lipinski definition) is 4. The first-order valence-electron chi connectivity index (χ1n) is 8.46. The summed E-state index contributed by atoms with van der Waals surface area (Å²) in [5, 5.41) is 13.5. The number of rotatable bonds is 6. The molecule has 0 spiro atoms. The van der Waals surface area contributed by atoms with Crippen LogP contribution in [0.3, 0.4) is 0 Å². The number of nitro groups is 1. The highest BCUT2D eigenvalue weighted by Crippen LogP contribution is 2.16. The SMILES string of the molecule is O=C(/C=C/c1ccc(NC(=O)c2cccc([N+](=O)[O-])c2)cc1)c1ccccc1. The summed E-state index contributed by atoms with van der Waals surface area (Å²) in [6.45, 7) is 0. The highest BCUT2D eigenvalue weighted by Gasteiger charge is 2.11. The number of anilines is 1. The molecule has 3 aromatic carbocycles. The normalized spacial score (nSPS) is 10.6. The molecule has 0 aliphatic rings. The molecule has 0 bridgehead atoms. The number of allylic oxidation sites excluding steroid dienone is 1. The van der Waals surface area contributed by atoms with Crippen LogP contribution in [0, 0.1) is 10.1 Å². The zero-order valence-electron chi connectivity index (χ0n) is 14.7. The van der Waals surface area contributed by atoms with Gasteiger partial charge in [-0.15, -0.1) is 0 Å². The number of amides is 1. The minimum Gasteiger partial charge on any atom is -0.322 e. The number of carbonyl (C=O) groups is 2. The number of nitrogens with zero attached hydrogens (tertiary/aromatic N) is 1. The number of non-ortho nitro benzene ring substituents is 1. The lowest BCUT2D eigenvalue weighted by molar-refractivity contribution is -0.384. The van der Waals surface area contributed by atoms with Crippen LogP contribution in [-0.4, -0.2) is 16.6 Å². The molecule has 138 valence electrons. The van der Waals surface area contributed by atoms with Crippen LogP contribution < -0.4 is 5.32 Å². The summed E-state index contributed by atoms with van der Waals surface area (Å²) >= 11 is 0. The van der Waals surface area contributed by atoms with Crippen LogP contribution in [0.25, 0.3) is 6.08 Å². The Morgan fingerprint density at radius 3 is 2.21 bits per heavy atom. The molecule has 1 N–H and O–H groups in total. The van der Waals surface area contributed by atoms with Crippen LogP contribution in [0.2, 0.25) is 0 Å². The third-order valence-corrected chi connectivity index (χ3v) is 3.97. The fourth-order valence-electron chi connectivity index (χ4n) is 2.51. The van der Waals surface area contributed by atoms with E-state index in [4.69, 9.17) is 0 Å². The van der Waals surface area contributed by atoms with Crippen molar-refractivity contribution in [2.45, 2.75) is 0 Å². The highest BCUT2D eigenvalue weighted by atomic mass is 16.6. The van der Waals surface area contributed by atoms with Crippen molar-refractivity contribution in [2.75, 3.05) is 5.32 Å². The smallest absolute Gasteiger partial charge is 0.270 e. The van der Waals surface area contributed by atoms with Crippen LogP contribution in [0.5, 0.6) is 0 Å². The molecule has 0 aromatic heterocycles. The van der Waals surface area contributed by atoms with Gasteiger partial charge in [0.15, 0.2) is 5.78 Å². The average Bonchev–Trinajstić information content (AvgIpc) is 2.73. The first-order valence-corrected chi connectivity index (χ1v) is 8.46. The molecular weight excluding hydrogens is 356 g/mol. The van der Waals surface area contributed by atoms with Gasteiger partial charge in [-0.3, -0.25) is 19.7 Å². The second-order valence-corrected chi connectivity index (χ2v) is 5.95. The molecule has 28 heavy (non-hydrogen) atoms. The van der Waals surface area contributed by atoms with Gasteiger partial charge in [-0.05, 0) is 29.8 Å². The van der Waals surface area contributed by atoms with Gasteiger partial charge in [-0.1, -0.05) is 54.6 Å². The van der Waals surface area contributed by atoms with E-state index in [1.54, 1.807) is 54.6 Å². The van der Waals surface area contributed by atoms with Crippen molar-refractivity contribution in [3.8, 4) is 0 Å². The predicted octanol–water partition coefficient (Wildman–Crippen LogP) is 4.74. The van der Waals surface area contributed by atoms with Crippen molar-refractivity contribution in [3.05, 3.63) is 112 Å². The van der Waals surface area contributed by atoms with E-state index in [-0.39, 0.29) is 17.0 Å². The molecule has 3 rings (SSSR count). The predicted molar refractivity (Wildman–Crippen MR) is 107 cm³/mol. The Morgan fingerprint density at radius 1 is 0.857 bits per heavy atom. The molecule has 0 atom stereocenters. The lowest BCUT2D eigenvalue weighted by atomic mass is 10.1. The summed E-state index contributed by atoms with van der Waals surface area (Å²) in [5.41, 5.74) is 2.02. The highest BCUT2D eigenvalue weighted by molar-refractivity contribution is 6.07. The molecule has 0 aliphatic heterocycles. The van der Waals surface area contributed by atoms with E-state index in [1.165, 1.54) is 30.3 Å². The molecule has 0 unspecified atom stereocenters. The lowest BCUT2D eigenvalue weighted by Gasteiger charge is -2.05. The summed E-state index contributed by atoms with van der Waals surface area (Å²) in [6, 6.07) is 21.4. The number of benzene rings is 3. The number of nitrogens with one attached hydrogen (secondary N) is 1. The third kappa shape index (κ3) is 4.76. The third-order valence-electron chi connectivity index (χ3n) is 3.97. The van der Waals surface area contributed by atoms with E-state index in [1.807, 2.05) is 6.07 Å². The molecule has 3 aromatic rings. The zero-order chi connectivity index (χ0) is 19.9. The second-order valence-electron chi connectivity index (χ2n) is 5.95. The van der Waals surface area contributed by atoms with Gasteiger partial charge in [0.1, 0.15) is 0 Å². The Labute approximate surface area is 161 Å². The van der Waals surface area contributed by atoms with Gasteiger partial charge in [0.05, 0.1) is 4.92 Å². The Kier molecular flexibility index (Phi) is 5.72. The second kappa shape index (κ2) is 8.55. The van der Waals surface area contributed by atoms with E-state index in [0.717, 1.165) is 5.56 Å². The van der Waals surface area contributed by atoms with Gasteiger partial charge in [0.25, 0.3) is 11.6 Å². The van der Waals surface area contributed by atoms with E-state index >= 15 is 0 Å². The number of hydrogen-bond donors (Lipinski definition) is 1. The van der Waals surface area contributed by atoms with Crippen molar-refractivity contribution < 1.29 is 14.5 Å². The summed E-state index contributed by atoms with van der Waals surface area (Å²) in [6.07, 6.45) is 3.19. The monoisotopic (exact) mass is 372 g/mol. The number of carbonyl (C=O) groups excluding carboxylic acids is 2. The maximum absolute atomic E-state index is 12.3. The van der Waals surface area contributed by atoms with E-state index in [2.05, 4.69) is 5.32 Å². The standard InChI is InChI=1S/C22H16N2O4/c25-21(17-5-2-1-3-6-17)14-11-16-9-12-19(13-10-16)23-22(26)18-7-4-8-20(15-18)24(27)28/h1-15H,(H,23,26)/b14-11+. The van der Waals surface area contributed by atoms with E-state index < -0.39 is 10.8 Å². The first-order chi connectivity index (χ1) is 13.5. The summed E-state index contributed by atoms with van der Waals surface area (Å²) in [4.78, 5) is 34.6. The number of ketones is 1. The summed E-state index contributed by atoms with van der Waals surface area (Å²) < 4.78 is 0. The van der Waals surface area contributed by atoms with Crippen molar-refractivity contribution in [1.29, 1.82) is 0 Å². The molecule has 0 saturated carbocycles. The van der Waals surface area contributed by atoms with Gasteiger partial charge < -0.3 is 5.32 Å². The molecule has 1 amide bonds. The Balaban J connectivity index is 1.65. The zero-order valence-corrected chi connectivity index (χ0v) is 14.7. The van der Waals surface area contributed by atoms with Crippen LogP contribution in [0.1, 0.15) is 26.3 Å². The van der Waals surface area contributed by atoms with Gasteiger partial charge in [-0.2, -0.15) is 0 Å². The Hall–Kier alpha value is -4.06. The maximum Gasteiger partial charge on any atom is 0.270 e. The quantitative estimate of drug-likeness (QED) is 0.293. The van der Waals surface area contributed by atoms with Crippen LogP contribution in [-0.2, 0) is 0 Å². The minimum absolute atomic E-state index is 0.0938. The van der Waals surface area contributed by atoms with Crippen molar-refractivity contribution in [2.24, 2.45) is 0 Å². The molecule has 6 heteroatoms. The summed E-state index contributed by atoms with van der Waals surface area (Å²) in [7, 11) is 0. The molecular formula is C22H16N2O4. The fraction of sp³-hybridized carbons (Fsp3) is 0. The topological polar surface area (TPSA) is 89.3 Å². The van der Waals surface area contributed by atoms with Crippen LogP contribution >= 0.6 is 0 Å². The lowest BCUT2D eigenvalue weighted by Crippen LogP contribution is -2.11. The van der Waals surface area contributed by atoms with E-state index in [9.17, 15) is 19.7 Å². The first kappa shape index (κ1) is 18.7. The molecule has 0 heterocycles. The summed E-state index contributed by atoms with van der Waals surface area (Å²) in [5.74, 6) is -0.533. The van der Waals surface area contributed by atoms with E-state index in [0.29, 0.717) is 11.3 Å². The van der Waals surface area contributed by atoms with Gasteiger partial charge in [0, 0.05) is 28.9 Å².